The molecule has 2 radical (unpaired) electrons. The molecular formula is CBiN7O21. The van der Waals surface area contributed by atoms with Gasteiger partial charge in [-0.3, -0.25) is 0 Å². The SMILES string of the molecule is O=[N+]([O-])[O-].O=[N+]([O-])[O-].O=[N+]([O-])[O-].O=[N+]([O-])[O-].O=[N+]([O-])[O-].O=[N+]([O-])[O-].O=[N+]([O-])[O-].[Bi+3].[C+4]. The molecule has 0 spiro atoms. The standard InChI is InChI=1S/C.Bi.7NO3/c;;7*2-1(3)4/q+4;+3;7*-1. The maximum Gasteiger partial charge on any atom is 4.00 e. The van der Waals surface area contributed by atoms with E-state index in [1.165, 1.54) is 0 Å². The predicted octanol–water partition coefficient (Wildman–Crippen LogP) is -1.97. The fourth-order valence-electron chi connectivity index (χ4n) is 0. The summed E-state index contributed by atoms with van der Waals surface area (Å²) in [5.74, 6) is 0. The van der Waals surface area contributed by atoms with Gasteiger partial charge in [-0.25, -0.2) is 0 Å². The molecular weight excluding hydrogens is 655 g/mol. The first-order valence-electron chi connectivity index (χ1n) is 3.83. The number of rotatable bonds is 0. The summed E-state index contributed by atoms with van der Waals surface area (Å²) in [7, 11) is 0. The van der Waals surface area contributed by atoms with Gasteiger partial charge in [0.25, 0.3) is 0 Å². The van der Waals surface area contributed by atoms with Crippen molar-refractivity contribution in [1.29, 1.82) is 0 Å². The van der Waals surface area contributed by atoms with Crippen LogP contribution in [0.25, 0.3) is 0 Å². The van der Waals surface area contributed by atoms with E-state index in [-0.39, 0.29) is 33.6 Å². The van der Waals surface area contributed by atoms with Crippen LogP contribution in [-0.4, -0.2) is 61.8 Å². The number of hydrogen-bond donors (Lipinski definition) is 0. The summed E-state index contributed by atoms with van der Waals surface area (Å²) in [6, 6.07) is 0. The van der Waals surface area contributed by atoms with E-state index in [2.05, 4.69) is 0 Å². The largest absolute Gasteiger partial charge is 4.00 e. The first kappa shape index (κ1) is 56.2. The summed E-state index contributed by atoms with van der Waals surface area (Å²) >= 11 is 0. The number of hydrogen-bond acceptors (Lipinski definition) is 21. The van der Waals surface area contributed by atoms with Gasteiger partial charge in [0.05, 0.1) is 35.6 Å². The normalized spacial score (nSPS) is 5.60. The molecule has 0 aliphatic rings. The average Bonchev–Trinajstić information content (AvgIpc) is 2.20. The van der Waals surface area contributed by atoms with Crippen molar-refractivity contribution in [3.8, 4) is 0 Å². The first-order valence-corrected chi connectivity index (χ1v) is 3.83. The Kier molecular flexibility index (Phi) is 93.1. The molecule has 0 aromatic rings. The molecule has 0 aromatic carbocycles. The van der Waals surface area contributed by atoms with Gasteiger partial charge in [-0.05, 0) is 0 Å². The van der Waals surface area contributed by atoms with Crippen molar-refractivity contribution in [2.24, 2.45) is 0 Å². The van der Waals surface area contributed by atoms with Gasteiger partial charge in [0.1, 0.15) is 0 Å². The minimum atomic E-state index is -1.75. The number of nitrogens with zero attached hydrogens (tertiary/aromatic N) is 7. The maximum absolute atomic E-state index is 8.25. The third-order valence-corrected chi connectivity index (χ3v) is 0. The van der Waals surface area contributed by atoms with Crippen LogP contribution in [0.4, 0.5) is 0 Å². The Bertz CT molecular complexity index is 314. The van der Waals surface area contributed by atoms with Gasteiger partial charge in [0, 0.05) is 0 Å². The Morgan fingerprint density at radius 2 is 0.267 bits per heavy atom. The van der Waals surface area contributed by atoms with Crippen LogP contribution in [0, 0.1) is 115 Å². The molecule has 0 bridgehead atoms. The summed E-state index contributed by atoms with van der Waals surface area (Å²) in [5, 5.41) is 103. The van der Waals surface area contributed by atoms with Crippen LogP contribution in [0.3, 0.4) is 0 Å². The van der Waals surface area contributed by atoms with Crippen LogP contribution >= 0.6 is 0 Å². The Hall–Kier alpha value is -4.72. The molecule has 0 N–H and O–H groups in total. The van der Waals surface area contributed by atoms with Crippen molar-refractivity contribution in [3.63, 3.8) is 0 Å². The molecule has 0 aromatic heterocycles. The monoisotopic (exact) mass is 655 g/mol. The van der Waals surface area contributed by atoms with Gasteiger partial charge < -0.3 is 107 Å². The fourth-order valence-corrected chi connectivity index (χ4v) is 0. The zero-order valence-corrected chi connectivity index (χ0v) is 16.1. The van der Waals surface area contributed by atoms with Crippen LogP contribution < -0.4 is 0 Å². The molecule has 0 atom stereocenters. The van der Waals surface area contributed by atoms with E-state index >= 15 is 0 Å². The minimum Gasteiger partial charge on any atom is -0.356 e. The smallest absolute Gasteiger partial charge is 0.356 e. The van der Waals surface area contributed by atoms with Crippen LogP contribution in [0.2, 0.25) is 0 Å². The molecule has 0 amide bonds. The van der Waals surface area contributed by atoms with Crippen molar-refractivity contribution in [1.82, 2.24) is 0 Å². The Morgan fingerprint density at radius 3 is 0.267 bits per heavy atom. The van der Waals surface area contributed by atoms with E-state index in [0.717, 1.165) is 0 Å². The second-order valence-corrected chi connectivity index (χ2v) is 1.57. The first-order chi connectivity index (χ1) is 12.1. The van der Waals surface area contributed by atoms with Gasteiger partial charge in [-0.1, -0.05) is 0 Å². The van der Waals surface area contributed by atoms with E-state index in [4.69, 9.17) is 107 Å². The Balaban J connectivity index is -0.0000000242. The summed E-state index contributed by atoms with van der Waals surface area (Å²) in [6.07, 6.45) is 0. The van der Waals surface area contributed by atoms with Crippen LogP contribution in [0.15, 0.2) is 0 Å². The third-order valence-electron chi connectivity index (χ3n) is 0. The van der Waals surface area contributed by atoms with Gasteiger partial charge in [-0.2, -0.15) is 0 Å². The van der Waals surface area contributed by atoms with Crippen molar-refractivity contribution in [3.05, 3.63) is 115 Å². The van der Waals surface area contributed by atoms with Crippen LogP contribution in [-0.2, 0) is 0 Å². The minimum absolute atomic E-state index is 0. The maximum atomic E-state index is 8.25. The molecule has 0 rings (SSSR count). The predicted molar refractivity (Wildman–Crippen MR) is 81.5 cm³/mol. The van der Waals surface area contributed by atoms with Crippen molar-refractivity contribution in [2.45, 2.75) is 0 Å². The molecule has 0 heterocycles. The van der Waals surface area contributed by atoms with E-state index in [0.29, 0.717) is 0 Å². The molecule has 30 heavy (non-hydrogen) atoms. The van der Waals surface area contributed by atoms with Crippen molar-refractivity contribution >= 4 is 26.2 Å². The summed E-state index contributed by atoms with van der Waals surface area (Å²) < 4.78 is 0. The zero-order valence-electron chi connectivity index (χ0n) is 12.7. The molecule has 0 aliphatic heterocycles. The van der Waals surface area contributed by atoms with E-state index in [1.807, 2.05) is 0 Å². The second-order valence-electron chi connectivity index (χ2n) is 1.57. The van der Waals surface area contributed by atoms with Gasteiger partial charge in [-0.15, -0.1) is 0 Å². The molecule has 0 fully saturated rings. The van der Waals surface area contributed by atoms with Gasteiger partial charge >= 0.3 is 33.6 Å². The third kappa shape index (κ3) is 520. The molecule has 0 aliphatic carbocycles. The average molecular weight is 655 g/mol. The van der Waals surface area contributed by atoms with E-state index < -0.39 is 35.6 Å². The fraction of sp³-hybridized carbons (Fsp3) is 0. The summed E-state index contributed by atoms with van der Waals surface area (Å²) in [6.45, 7) is 0. The quantitative estimate of drug-likeness (QED) is 0.155. The molecule has 170 valence electrons. The summed E-state index contributed by atoms with van der Waals surface area (Å²) in [5.41, 5.74) is 0. The van der Waals surface area contributed by atoms with Gasteiger partial charge in [0.2, 0.25) is 0 Å². The molecule has 0 saturated heterocycles. The van der Waals surface area contributed by atoms with Crippen molar-refractivity contribution in [2.75, 3.05) is 0 Å². The topological polar surface area (TPSA) is 463 Å². The zero-order chi connectivity index (χ0) is 25.0. The van der Waals surface area contributed by atoms with Crippen LogP contribution in [0.1, 0.15) is 0 Å². The van der Waals surface area contributed by atoms with Crippen molar-refractivity contribution < 1.29 is 35.6 Å². The Labute approximate surface area is 177 Å². The molecule has 28 nitrogen and oxygen atoms in total. The summed E-state index contributed by atoms with van der Waals surface area (Å²) in [4.78, 5) is 57.8. The van der Waals surface area contributed by atoms with E-state index in [1.54, 1.807) is 0 Å². The molecule has 0 unspecified atom stereocenters. The second kappa shape index (κ2) is 49.6. The Morgan fingerprint density at radius 1 is 0.267 bits per heavy atom. The van der Waals surface area contributed by atoms with E-state index in [9.17, 15) is 0 Å². The molecule has 29 heteroatoms. The van der Waals surface area contributed by atoms with Crippen LogP contribution in [0.5, 0.6) is 0 Å². The molecule has 0 saturated carbocycles. The van der Waals surface area contributed by atoms with Gasteiger partial charge in [0.15, 0.2) is 0 Å².